The molecule has 1 unspecified atom stereocenters. The number of aryl methyl sites for hydroxylation is 1. The Hall–Kier alpha value is -3.82. The molecule has 39 heavy (non-hydrogen) atoms. The van der Waals surface area contributed by atoms with E-state index in [-0.39, 0.29) is 24.5 Å². The summed E-state index contributed by atoms with van der Waals surface area (Å²) in [4.78, 5) is 33.4. The van der Waals surface area contributed by atoms with Crippen molar-refractivity contribution in [2.24, 2.45) is 0 Å². The Morgan fingerprint density at radius 1 is 1.08 bits per heavy atom. The van der Waals surface area contributed by atoms with Crippen LogP contribution in [0.4, 0.5) is 29.5 Å². The van der Waals surface area contributed by atoms with Gasteiger partial charge in [-0.05, 0) is 81.6 Å². The van der Waals surface area contributed by atoms with Gasteiger partial charge in [-0.3, -0.25) is 4.79 Å². The number of carbonyl (C=O) groups excluding carboxylic acids is 2. The Kier molecular flexibility index (Phi) is 8.04. The summed E-state index contributed by atoms with van der Waals surface area (Å²) in [5, 5.41) is 3.71. The molecule has 0 bridgehead atoms. The number of hydrogen-bond donors (Lipinski definition) is 1. The molecule has 1 N–H and O–H groups in total. The molecular weight excluding hydrogens is 509 g/mol. The second-order valence-electron chi connectivity index (χ2n) is 10.8. The van der Waals surface area contributed by atoms with E-state index in [1.165, 1.54) is 12.1 Å². The molecule has 1 fully saturated rings. The molecule has 2 heterocycles. The van der Waals surface area contributed by atoms with Crippen LogP contribution >= 0.6 is 0 Å². The average molecular weight is 543 g/mol. The zero-order valence-electron chi connectivity index (χ0n) is 22.5. The number of amides is 2. The molecule has 4 rings (SSSR count). The van der Waals surface area contributed by atoms with E-state index in [1.807, 2.05) is 45.0 Å². The van der Waals surface area contributed by atoms with Crippen LogP contribution in [0.25, 0.3) is 10.9 Å². The Balaban J connectivity index is 1.33. The number of rotatable bonds is 6. The Morgan fingerprint density at radius 2 is 1.79 bits per heavy atom. The van der Waals surface area contributed by atoms with Crippen LogP contribution in [-0.4, -0.2) is 53.7 Å². The van der Waals surface area contributed by atoms with E-state index in [2.05, 4.69) is 10.2 Å². The first kappa shape index (κ1) is 28.2. The lowest BCUT2D eigenvalue weighted by atomic mass is 10.1. The average Bonchev–Trinajstić information content (AvgIpc) is 3.36. The predicted octanol–water partition coefficient (Wildman–Crippen LogP) is 6.27. The van der Waals surface area contributed by atoms with Crippen molar-refractivity contribution in [2.45, 2.75) is 57.9 Å². The minimum atomic E-state index is -4.38. The summed E-state index contributed by atoms with van der Waals surface area (Å²) in [6, 6.07) is 14.2. The van der Waals surface area contributed by atoms with Gasteiger partial charge in [0.05, 0.1) is 17.1 Å². The molecule has 208 valence electrons. The third-order valence-electron chi connectivity index (χ3n) is 6.60. The molecule has 7 nitrogen and oxygen atoms in total. The summed E-state index contributed by atoms with van der Waals surface area (Å²) in [5.74, 6) is 0.590. The van der Waals surface area contributed by atoms with Gasteiger partial charge in [-0.25, -0.2) is 9.78 Å². The van der Waals surface area contributed by atoms with Gasteiger partial charge >= 0.3 is 12.3 Å². The Morgan fingerprint density at radius 3 is 2.46 bits per heavy atom. The number of carbonyl (C=O) groups is 2. The quantitative estimate of drug-likeness (QED) is 0.397. The van der Waals surface area contributed by atoms with Gasteiger partial charge in [0.1, 0.15) is 11.4 Å². The van der Waals surface area contributed by atoms with Crippen LogP contribution in [-0.2, 0) is 22.1 Å². The highest BCUT2D eigenvalue weighted by atomic mass is 19.4. The number of fused-ring (bicyclic) bond motifs is 1. The molecular formula is C29H33F3N4O3. The highest BCUT2D eigenvalue weighted by Crippen LogP contribution is 2.29. The van der Waals surface area contributed by atoms with Crippen molar-refractivity contribution < 1.29 is 27.5 Å². The van der Waals surface area contributed by atoms with E-state index in [0.29, 0.717) is 24.2 Å². The molecule has 1 aliphatic heterocycles. The second-order valence-corrected chi connectivity index (χ2v) is 10.8. The number of ether oxygens (including phenoxy) is 1. The molecule has 1 saturated heterocycles. The summed E-state index contributed by atoms with van der Waals surface area (Å²) in [5.41, 5.74) is 0.804. The zero-order valence-corrected chi connectivity index (χ0v) is 22.5. The first-order valence-corrected chi connectivity index (χ1v) is 12.9. The Labute approximate surface area is 225 Å². The molecule has 2 amide bonds. The van der Waals surface area contributed by atoms with Crippen molar-refractivity contribution >= 4 is 34.4 Å². The highest BCUT2D eigenvalue weighted by Gasteiger charge is 2.32. The topological polar surface area (TPSA) is 74.8 Å². The molecule has 0 saturated carbocycles. The summed E-state index contributed by atoms with van der Waals surface area (Å²) in [6.45, 7) is 6.96. The van der Waals surface area contributed by atoms with Crippen LogP contribution in [0.2, 0.25) is 0 Å². The van der Waals surface area contributed by atoms with Crippen LogP contribution in [0.5, 0.6) is 0 Å². The number of aromatic nitrogens is 1. The fourth-order valence-electron chi connectivity index (χ4n) is 4.46. The lowest BCUT2D eigenvalue weighted by Gasteiger charge is -2.28. The first-order chi connectivity index (χ1) is 18.3. The highest BCUT2D eigenvalue weighted by molar-refractivity contribution is 5.94. The van der Waals surface area contributed by atoms with Crippen LogP contribution in [0, 0.1) is 0 Å². The third-order valence-corrected chi connectivity index (χ3v) is 6.60. The largest absolute Gasteiger partial charge is 0.444 e. The van der Waals surface area contributed by atoms with Crippen LogP contribution in [0.3, 0.4) is 0 Å². The maximum Gasteiger partial charge on any atom is 0.416 e. The fourth-order valence-corrected chi connectivity index (χ4v) is 4.46. The molecule has 3 aromatic rings. The summed E-state index contributed by atoms with van der Waals surface area (Å²) in [7, 11) is 1.76. The molecule has 10 heteroatoms. The number of hydrogen-bond acceptors (Lipinski definition) is 5. The van der Waals surface area contributed by atoms with Crippen molar-refractivity contribution in [2.75, 3.05) is 30.4 Å². The van der Waals surface area contributed by atoms with Crippen molar-refractivity contribution in [3.63, 3.8) is 0 Å². The number of nitrogens with one attached hydrogen (secondary N) is 1. The van der Waals surface area contributed by atoms with E-state index in [9.17, 15) is 22.8 Å². The van der Waals surface area contributed by atoms with Crippen molar-refractivity contribution in [3.8, 4) is 0 Å². The first-order valence-electron chi connectivity index (χ1n) is 12.9. The van der Waals surface area contributed by atoms with Crippen LogP contribution < -0.4 is 10.2 Å². The van der Waals surface area contributed by atoms with E-state index in [0.717, 1.165) is 41.8 Å². The SMILES string of the molecule is CN(C(=O)OC(C)(C)C)C1CCN(c2ccc3cc(NC(=O)CCc4ccc(C(F)(F)F)cc4)ccc3n2)C1. The minimum absolute atomic E-state index is 0.0255. The van der Waals surface area contributed by atoms with Crippen molar-refractivity contribution in [3.05, 3.63) is 65.7 Å². The van der Waals surface area contributed by atoms with E-state index in [4.69, 9.17) is 9.72 Å². The van der Waals surface area contributed by atoms with Crippen LogP contribution in [0.15, 0.2) is 54.6 Å². The lowest BCUT2D eigenvalue weighted by Crippen LogP contribution is -2.42. The number of halogens is 3. The summed E-state index contributed by atoms with van der Waals surface area (Å²) < 4.78 is 43.6. The van der Waals surface area contributed by atoms with Gasteiger partial charge in [0, 0.05) is 37.6 Å². The summed E-state index contributed by atoms with van der Waals surface area (Å²) >= 11 is 0. The van der Waals surface area contributed by atoms with Crippen molar-refractivity contribution in [1.29, 1.82) is 0 Å². The summed E-state index contributed by atoms with van der Waals surface area (Å²) in [6.07, 6.45) is -3.42. The molecule has 2 aromatic carbocycles. The molecule has 1 aromatic heterocycles. The van der Waals surface area contributed by atoms with Crippen molar-refractivity contribution in [1.82, 2.24) is 9.88 Å². The number of nitrogens with zero attached hydrogens (tertiary/aromatic N) is 3. The molecule has 1 aliphatic rings. The lowest BCUT2D eigenvalue weighted by molar-refractivity contribution is -0.137. The number of likely N-dealkylation sites (N-methyl/N-ethyl adjacent to an activating group) is 1. The van der Waals surface area contributed by atoms with E-state index in [1.54, 1.807) is 18.0 Å². The van der Waals surface area contributed by atoms with Crippen LogP contribution in [0.1, 0.15) is 44.7 Å². The third kappa shape index (κ3) is 7.40. The zero-order chi connectivity index (χ0) is 28.4. The second kappa shape index (κ2) is 11.1. The number of anilines is 2. The number of alkyl halides is 3. The number of pyridine rings is 1. The molecule has 0 aliphatic carbocycles. The van der Waals surface area contributed by atoms with Gasteiger partial charge in [0.2, 0.25) is 5.91 Å². The van der Waals surface area contributed by atoms with Gasteiger partial charge in [-0.2, -0.15) is 13.2 Å². The molecule has 1 atom stereocenters. The van der Waals surface area contributed by atoms with E-state index < -0.39 is 17.3 Å². The Bertz CT molecular complexity index is 1340. The molecule has 0 radical (unpaired) electrons. The van der Waals surface area contributed by atoms with Gasteiger partial charge in [-0.15, -0.1) is 0 Å². The minimum Gasteiger partial charge on any atom is -0.444 e. The maximum absolute atomic E-state index is 12.7. The monoisotopic (exact) mass is 542 g/mol. The fraction of sp³-hybridized carbons (Fsp3) is 0.414. The smallest absolute Gasteiger partial charge is 0.416 e. The standard InChI is InChI=1S/C29H33F3N4O3/c1-28(2,3)39-27(38)35(4)23-15-16-36(18-23)25-13-8-20-17-22(11-12-24(20)34-25)33-26(37)14-7-19-5-9-21(10-6-19)29(30,31)32/h5-6,8-13,17,23H,7,14-16,18H2,1-4H3,(H,33,37). The molecule has 0 spiro atoms. The van der Waals surface area contributed by atoms with Gasteiger partial charge in [0.25, 0.3) is 0 Å². The van der Waals surface area contributed by atoms with E-state index >= 15 is 0 Å². The van der Waals surface area contributed by atoms with Gasteiger partial charge < -0.3 is 19.9 Å². The van der Waals surface area contributed by atoms with Gasteiger partial charge in [-0.1, -0.05) is 12.1 Å². The predicted molar refractivity (Wildman–Crippen MR) is 145 cm³/mol. The maximum atomic E-state index is 12.7. The number of benzene rings is 2. The normalized spacial score (nSPS) is 15.9. The van der Waals surface area contributed by atoms with Gasteiger partial charge in [0.15, 0.2) is 0 Å².